The van der Waals surface area contributed by atoms with Crippen molar-refractivity contribution in [2.45, 2.75) is 52.1 Å². The zero-order valence-electron chi connectivity index (χ0n) is 16.8. The molecule has 0 unspecified atom stereocenters. The van der Waals surface area contributed by atoms with Crippen molar-refractivity contribution in [2.24, 2.45) is 0 Å². The van der Waals surface area contributed by atoms with Gasteiger partial charge in [0.2, 0.25) is 5.91 Å². The molecular weight excluding hydrogens is 417 g/mol. The number of piperidine rings is 1. The molecular formula is C20H21F3N4O2S. The second kappa shape index (κ2) is 7.64. The minimum Gasteiger partial charge on any atom is -0.342 e. The van der Waals surface area contributed by atoms with Crippen LogP contribution in [0, 0.1) is 20.8 Å². The summed E-state index contributed by atoms with van der Waals surface area (Å²) in [6.07, 6.45) is -2.93. The topological polar surface area (TPSA) is 72.1 Å². The highest BCUT2D eigenvalue weighted by molar-refractivity contribution is 7.11. The molecule has 3 aromatic heterocycles. The van der Waals surface area contributed by atoms with Crippen LogP contribution in [0.15, 0.2) is 10.6 Å². The van der Waals surface area contributed by atoms with Crippen LogP contribution < -0.4 is 0 Å². The fraction of sp³-hybridized carbons (Fsp3) is 0.500. The summed E-state index contributed by atoms with van der Waals surface area (Å²) < 4.78 is 46.0. The number of nitrogens with zero attached hydrogens (tertiary/aromatic N) is 4. The number of aromatic nitrogens is 3. The van der Waals surface area contributed by atoms with Crippen LogP contribution in [0.4, 0.5) is 13.2 Å². The molecule has 3 aromatic rings. The summed E-state index contributed by atoms with van der Waals surface area (Å²) in [6, 6.07) is 1.09. The number of alkyl halides is 3. The minimum atomic E-state index is -4.54. The van der Waals surface area contributed by atoms with E-state index in [9.17, 15) is 18.0 Å². The summed E-state index contributed by atoms with van der Waals surface area (Å²) in [4.78, 5) is 24.1. The Balaban J connectivity index is 1.59. The van der Waals surface area contributed by atoms with Gasteiger partial charge in [0.15, 0.2) is 0 Å². The number of fused-ring (bicyclic) bond motifs is 1. The number of pyridine rings is 1. The zero-order chi connectivity index (χ0) is 21.6. The molecule has 1 atom stereocenters. The molecule has 4 rings (SSSR count). The number of likely N-dealkylation sites (tertiary alicyclic amines) is 1. The quantitative estimate of drug-likeness (QED) is 0.599. The van der Waals surface area contributed by atoms with Crippen molar-refractivity contribution < 1.29 is 22.5 Å². The largest absolute Gasteiger partial charge is 0.417 e. The third-order valence-corrected chi connectivity index (χ3v) is 6.52. The van der Waals surface area contributed by atoms with Gasteiger partial charge in [-0.05, 0) is 39.7 Å². The Kier molecular flexibility index (Phi) is 5.29. The molecule has 4 heterocycles. The number of hydrogen-bond acceptors (Lipinski definition) is 6. The summed E-state index contributed by atoms with van der Waals surface area (Å²) in [5.41, 5.74) is 0.388. The SMILES string of the molecule is Cc1nc(C)c(CC(=O)N2CCC[C@@H](c3cc(C(F)(F)F)c4c(C)noc4n3)C2)s1. The van der Waals surface area contributed by atoms with E-state index in [4.69, 9.17) is 4.52 Å². The van der Waals surface area contributed by atoms with Gasteiger partial charge in [-0.25, -0.2) is 9.97 Å². The maximum atomic E-state index is 13.6. The van der Waals surface area contributed by atoms with E-state index in [0.29, 0.717) is 25.9 Å². The second-order valence-corrected chi connectivity index (χ2v) is 8.93. The molecule has 10 heteroatoms. The molecule has 30 heavy (non-hydrogen) atoms. The van der Waals surface area contributed by atoms with Crippen LogP contribution in [0.25, 0.3) is 11.1 Å². The molecule has 160 valence electrons. The van der Waals surface area contributed by atoms with Gasteiger partial charge >= 0.3 is 6.18 Å². The smallest absolute Gasteiger partial charge is 0.342 e. The third kappa shape index (κ3) is 3.92. The van der Waals surface area contributed by atoms with E-state index in [2.05, 4.69) is 15.1 Å². The molecule has 0 radical (unpaired) electrons. The van der Waals surface area contributed by atoms with Crippen molar-refractivity contribution in [3.8, 4) is 0 Å². The minimum absolute atomic E-state index is 0.0425. The molecule has 0 N–H and O–H groups in total. The third-order valence-electron chi connectivity index (χ3n) is 5.45. The van der Waals surface area contributed by atoms with Crippen LogP contribution in [0.1, 0.15) is 51.3 Å². The summed E-state index contributed by atoms with van der Waals surface area (Å²) in [7, 11) is 0. The standard InChI is InChI=1S/C20H21F3N4O2S/c1-10-16(30-12(3)24-10)8-17(28)27-6-4-5-13(9-27)15-7-14(20(21,22)23)18-11(2)26-29-19(18)25-15/h7,13H,4-6,8-9H2,1-3H3/t13-/m1/s1. The molecule has 0 aliphatic carbocycles. The molecule has 6 nitrogen and oxygen atoms in total. The van der Waals surface area contributed by atoms with Crippen molar-refractivity contribution in [3.63, 3.8) is 0 Å². The molecule has 0 spiro atoms. The normalized spacial score (nSPS) is 17.7. The Labute approximate surface area is 175 Å². The Morgan fingerprint density at radius 1 is 1.27 bits per heavy atom. The lowest BCUT2D eigenvalue weighted by Gasteiger charge is -2.32. The number of hydrogen-bond donors (Lipinski definition) is 0. The van der Waals surface area contributed by atoms with Crippen LogP contribution in [-0.4, -0.2) is 39.0 Å². The van der Waals surface area contributed by atoms with Crippen LogP contribution in [0.2, 0.25) is 0 Å². The van der Waals surface area contributed by atoms with Gasteiger partial charge < -0.3 is 9.42 Å². The van der Waals surface area contributed by atoms with E-state index in [0.717, 1.165) is 21.6 Å². The highest BCUT2D eigenvalue weighted by atomic mass is 32.1. The molecule has 0 saturated carbocycles. The maximum Gasteiger partial charge on any atom is 0.417 e. The fourth-order valence-corrected chi connectivity index (χ4v) is 4.91. The van der Waals surface area contributed by atoms with E-state index >= 15 is 0 Å². The summed E-state index contributed by atoms with van der Waals surface area (Å²) in [6.45, 7) is 6.16. The summed E-state index contributed by atoms with van der Waals surface area (Å²) in [5.74, 6) is -0.331. The lowest BCUT2D eigenvalue weighted by atomic mass is 9.92. The molecule has 1 amide bonds. The van der Waals surface area contributed by atoms with E-state index in [1.54, 1.807) is 4.90 Å². The first kappa shape index (κ1) is 20.8. The van der Waals surface area contributed by atoms with Gasteiger partial charge in [-0.15, -0.1) is 11.3 Å². The van der Waals surface area contributed by atoms with Crippen LogP contribution in [0.3, 0.4) is 0 Å². The lowest BCUT2D eigenvalue weighted by molar-refractivity contribution is -0.136. The number of amides is 1. The Morgan fingerprint density at radius 3 is 2.70 bits per heavy atom. The number of rotatable bonds is 3. The Bertz CT molecular complexity index is 1110. The van der Waals surface area contributed by atoms with Gasteiger partial charge in [-0.1, -0.05) is 5.16 Å². The first-order chi connectivity index (χ1) is 14.1. The van der Waals surface area contributed by atoms with Gasteiger partial charge in [0, 0.05) is 23.9 Å². The number of aryl methyl sites for hydroxylation is 3. The Hall–Kier alpha value is -2.49. The van der Waals surface area contributed by atoms with Crippen LogP contribution in [0.5, 0.6) is 0 Å². The number of halogens is 3. The lowest BCUT2D eigenvalue weighted by Crippen LogP contribution is -2.40. The van der Waals surface area contributed by atoms with E-state index in [1.807, 2.05) is 13.8 Å². The van der Waals surface area contributed by atoms with Crippen molar-refractivity contribution in [3.05, 3.63) is 38.6 Å². The Morgan fingerprint density at radius 2 is 2.03 bits per heavy atom. The van der Waals surface area contributed by atoms with Crippen molar-refractivity contribution in [1.82, 2.24) is 20.0 Å². The van der Waals surface area contributed by atoms with E-state index < -0.39 is 11.7 Å². The first-order valence-corrected chi connectivity index (χ1v) is 10.5. The van der Waals surface area contributed by atoms with Crippen molar-refractivity contribution >= 4 is 28.3 Å². The average Bonchev–Trinajstić information content (AvgIpc) is 3.21. The van der Waals surface area contributed by atoms with Gasteiger partial charge in [0.25, 0.3) is 5.71 Å². The molecule has 1 saturated heterocycles. The van der Waals surface area contributed by atoms with Crippen molar-refractivity contribution in [1.29, 1.82) is 0 Å². The van der Waals surface area contributed by atoms with Crippen molar-refractivity contribution in [2.75, 3.05) is 13.1 Å². The highest BCUT2D eigenvalue weighted by Gasteiger charge is 2.37. The van der Waals surface area contributed by atoms with E-state index in [1.165, 1.54) is 18.3 Å². The molecule has 1 aliphatic heterocycles. The first-order valence-electron chi connectivity index (χ1n) is 9.68. The van der Waals surface area contributed by atoms with Gasteiger partial charge in [0.05, 0.1) is 39.5 Å². The molecule has 0 bridgehead atoms. The van der Waals surface area contributed by atoms with Crippen LogP contribution in [-0.2, 0) is 17.4 Å². The zero-order valence-corrected chi connectivity index (χ0v) is 17.7. The van der Waals surface area contributed by atoms with Gasteiger partial charge in [0.1, 0.15) is 0 Å². The monoisotopic (exact) mass is 438 g/mol. The summed E-state index contributed by atoms with van der Waals surface area (Å²) in [5, 5.41) is 4.45. The number of thiazole rings is 1. The molecule has 0 aromatic carbocycles. The second-order valence-electron chi connectivity index (χ2n) is 7.64. The number of carbonyl (C=O) groups is 1. The molecule has 1 aliphatic rings. The number of carbonyl (C=O) groups excluding carboxylic acids is 1. The van der Waals surface area contributed by atoms with Crippen LogP contribution >= 0.6 is 11.3 Å². The predicted octanol–water partition coefficient (Wildman–Crippen LogP) is 4.57. The van der Waals surface area contributed by atoms with E-state index in [-0.39, 0.29) is 40.7 Å². The summed E-state index contributed by atoms with van der Waals surface area (Å²) >= 11 is 1.50. The highest BCUT2D eigenvalue weighted by Crippen LogP contribution is 2.38. The maximum absolute atomic E-state index is 13.6. The molecule has 1 fully saturated rings. The van der Waals surface area contributed by atoms with Gasteiger partial charge in [-0.3, -0.25) is 4.79 Å². The predicted molar refractivity (Wildman–Crippen MR) is 105 cm³/mol. The van der Waals surface area contributed by atoms with Gasteiger partial charge in [-0.2, -0.15) is 13.2 Å². The fourth-order valence-electron chi connectivity index (χ4n) is 3.98. The average molecular weight is 438 g/mol.